The molecule has 29 heavy (non-hydrogen) atoms. The lowest BCUT2D eigenvalue weighted by Gasteiger charge is -2.23. The number of nitrogens with zero attached hydrogens (tertiary/aromatic N) is 4. The first-order chi connectivity index (χ1) is 14.2. The van der Waals surface area contributed by atoms with E-state index in [4.69, 9.17) is 5.10 Å². The van der Waals surface area contributed by atoms with E-state index < -0.39 is 0 Å². The number of aryl methyl sites for hydroxylation is 1. The molecule has 2 heterocycles. The standard InChI is InChI=1S/C24H22N4O/c1-27-20-13-6-5-12-19(20)21-22(17-9-7-8-16(14-17)15-25)26-28(24(29)23(21)27)18-10-3-2-4-11-18/h5-9,12-14,18H,2-4,10-11H2,1H3. The number of para-hydroxylation sites is 1. The molecule has 4 aromatic rings. The van der Waals surface area contributed by atoms with Gasteiger partial charge in [0.15, 0.2) is 0 Å². The summed E-state index contributed by atoms with van der Waals surface area (Å²) < 4.78 is 3.71. The lowest BCUT2D eigenvalue weighted by Crippen LogP contribution is -2.30. The maximum atomic E-state index is 13.6. The van der Waals surface area contributed by atoms with Gasteiger partial charge in [-0.15, -0.1) is 0 Å². The second-order valence-corrected chi connectivity index (χ2v) is 7.88. The smallest absolute Gasteiger partial charge is 0.291 e. The zero-order valence-electron chi connectivity index (χ0n) is 16.4. The molecule has 0 spiro atoms. The van der Waals surface area contributed by atoms with Crippen LogP contribution >= 0.6 is 0 Å². The van der Waals surface area contributed by atoms with E-state index in [0.29, 0.717) is 11.1 Å². The summed E-state index contributed by atoms with van der Waals surface area (Å²) >= 11 is 0. The van der Waals surface area contributed by atoms with Gasteiger partial charge in [0.2, 0.25) is 0 Å². The van der Waals surface area contributed by atoms with Gasteiger partial charge in [-0.1, -0.05) is 49.6 Å². The Bertz CT molecular complexity index is 1330. The van der Waals surface area contributed by atoms with Crippen molar-refractivity contribution in [2.24, 2.45) is 7.05 Å². The highest BCUT2D eigenvalue weighted by Gasteiger charge is 2.24. The van der Waals surface area contributed by atoms with Gasteiger partial charge in [0.25, 0.3) is 5.56 Å². The summed E-state index contributed by atoms with van der Waals surface area (Å²) in [5.74, 6) is 0. The molecule has 0 amide bonds. The molecule has 5 heteroatoms. The first-order valence-corrected chi connectivity index (χ1v) is 10.2. The summed E-state index contributed by atoms with van der Waals surface area (Å²) in [6.07, 6.45) is 5.45. The van der Waals surface area contributed by atoms with Gasteiger partial charge in [-0.05, 0) is 31.0 Å². The second-order valence-electron chi connectivity index (χ2n) is 7.88. The molecule has 1 aliphatic carbocycles. The van der Waals surface area contributed by atoms with Gasteiger partial charge in [-0.3, -0.25) is 4.79 Å². The fourth-order valence-electron chi connectivity index (χ4n) is 4.71. The van der Waals surface area contributed by atoms with Crippen molar-refractivity contribution in [3.63, 3.8) is 0 Å². The third-order valence-corrected chi connectivity index (χ3v) is 6.15. The highest BCUT2D eigenvalue weighted by atomic mass is 16.1. The van der Waals surface area contributed by atoms with E-state index in [-0.39, 0.29) is 11.6 Å². The summed E-state index contributed by atoms with van der Waals surface area (Å²) in [5, 5.41) is 16.2. The molecule has 144 valence electrons. The van der Waals surface area contributed by atoms with Crippen LogP contribution in [0.25, 0.3) is 33.1 Å². The van der Waals surface area contributed by atoms with Crippen molar-refractivity contribution in [2.45, 2.75) is 38.1 Å². The lowest BCUT2D eigenvalue weighted by molar-refractivity contribution is 0.320. The highest BCUT2D eigenvalue weighted by molar-refractivity contribution is 6.13. The Kier molecular flexibility index (Phi) is 4.21. The number of aromatic nitrogens is 3. The first kappa shape index (κ1) is 17.7. The van der Waals surface area contributed by atoms with Crippen molar-refractivity contribution >= 4 is 21.8 Å². The van der Waals surface area contributed by atoms with Crippen LogP contribution in [0.5, 0.6) is 0 Å². The minimum absolute atomic E-state index is 0.0224. The maximum Gasteiger partial charge on any atom is 0.291 e. The molecule has 0 N–H and O–H groups in total. The molecule has 2 aromatic carbocycles. The topological polar surface area (TPSA) is 63.6 Å². The molecule has 0 unspecified atom stereocenters. The van der Waals surface area contributed by atoms with E-state index in [2.05, 4.69) is 6.07 Å². The molecule has 0 atom stereocenters. The third kappa shape index (κ3) is 2.75. The van der Waals surface area contributed by atoms with E-state index in [9.17, 15) is 10.1 Å². The molecule has 2 aromatic heterocycles. The molecule has 1 aliphatic rings. The molecule has 0 bridgehead atoms. The van der Waals surface area contributed by atoms with Gasteiger partial charge in [0.1, 0.15) is 11.2 Å². The SMILES string of the molecule is Cn1c2ccccc2c2c(-c3cccc(C#N)c3)nn(C3CCCCC3)c(=O)c21. The maximum absolute atomic E-state index is 13.6. The largest absolute Gasteiger partial charge is 0.339 e. The number of nitriles is 1. The quantitative estimate of drug-likeness (QED) is 0.494. The lowest BCUT2D eigenvalue weighted by atomic mass is 9.95. The third-order valence-electron chi connectivity index (χ3n) is 6.15. The summed E-state index contributed by atoms with van der Waals surface area (Å²) in [7, 11) is 1.95. The summed E-state index contributed by atoms with van der Waals surface area (Å²) in [6, 6.07) is 17.9. The van der Waals surface area contributed by atoms with Gasteiger partial charge < -0.3 is 4.57 Å². The number of hydrogen-bond acceptors (Lipinski definition) is 3. The summed E-state index contributed by atoms with van der Waals surface area (Å²) in [6.45, 7) is 0. The van der Waals surface area contributed by atoms with E-state index in [0.717, 1.165) is 53.2 Å². The molecule has 0 aliphatic heterocycles. The van der Waals surface area contributed by atoms with Crippen LogP contribution in [0.1, 0.15) is 43.7 Å². The molecule has 0 radical (unpaired) electrons. The zero-order valence-corrected chi connectivity index (χ0v) is 16.4. The molecule has 5 rings (SSSR count). The zero-order chi connectivity index (χ0) is 20.0. The molecular weight excluding hydrogens is 360 g/mol. The van der Waals surface area contributed by atoms with E-state index in [1.807, 2.05) is 54.1 Å². The number of rotatable bonds is 2. The van der Waals surface area contributed by atoms with E-state index in [1.165, 1.54) is 6.42 Å². The van der Waals surface area contributed by atoms with Gasteiger partial charge in [-0.25, -0.2) is 4.68 Å². The minimum atomic E-state index is -0.0224. The minimum Gasteiger partial charge on any atom is -0.339 e. The molecule has 1 saturated carbocycles. The number of fused-ring (bicyclic) bond motifs is 3. The number of benzene rings is 2. The van der Waals surface area contributed by atoms with E-state index >= 15 is 0 Å². The van der Waals surface area contributed by atoms with Crippen LogP contribution < -0.4 is 5.56 Å². The summed E-state index contributed by atoms with van der Waals surface area (Å²) in [5.41, 5.74) is 3.91. The molecule has 5 nitrogen and oxygen atoms in total. The van der Waals surface area contributed by atoms with Crippen LogP contribution in [-0.2, 0) is 7.05 Å². The van der Waals surface area contributed by atoms with Gasteiger partial charge >= 0.3 is 0 Å². The van der Waals surface area contributed by atoms with Crippen LogP contribution in [0.3, 0.4) is 0 Å². The Morgan fingerprint density at radius 2 is 1.86 bits per heavy atom. The Hall–Kier alpha value is -3.39. The average molecular weight is 382 g/mol. The fourth-order valence-corrected chi connectivity index (χ4v) is 4.71. The van der Waals surface area contributed by atoms with Crippen molar-refractivity contribution in [1.29, 1.82) is 5.26 Å². The van der Waals surface area contributed by atoms with Crippen LogP contribution in [0.15, 0.2) is 53.3 Å². The molecule has 1 fully saturated rings. The van der Waals surface area contributed by atoms with Crippen LogP contribution in [0.4, 0.5) is 0 Å². The van der Waals surface area contributed by atoms with Crippen LogP contribution in [0.2, 0.25) is 0 Å². The van der Waals surface area contributed by atoms with Crippen LogP contribution in [0, 0.1) is 11.3 Å². The van der Waals surface area contributed by atoms with Gasteiger partial charge in [0, 0.05) is 28.9 Å². The summed E-state index contributed by atoms with van der Waals surface area (Å²) in [4.78, 5) is 13.6. The Labute approximate surface area is 168 Å². The monoisotopic (exact) mass is 382 g/mol. The predicted molar refractivity (Wildman–Crippen MR) is 115 cm³/mol. The Morgan fingerprint density at radius 1 is 1.07 bits per heavy atom. The van der Waals surface area contributed by atoms with Crippen molar-refractivity contribution in [2.75, 3.05) is 0 Å². The fraction of sp³-hybridized carbons (Fsp3) is 0.292. The van der Waals surface area contributed by atoms with Gasteiger partial charge in [0.05, 0.1) is 17.7 Å². The van der Waals surface area contributed by atoms with Gasteiger partial charge in [-0.2, -0.15) is 10.4 Å². The van der Waals surface area contributed by atoms with Crippen molar-refractivity contribution in [3.8, 4) is 17.3 Å². The Balaban J connectivity index is 1.91. The first-order valence-electron chi connectivity index (χ1n) is 10.2. The van der Waals surface area contributed by atoms with Crippen molar-refractivity contribution in [1.82, 2.24) is 14.3 Å². The Morgan fingerprint density at radius 3 is 2.66 bits per heavy atom. The molecular formula is C24H22N4O. The number of hydrogen-bond donors (Lipinski definition) is 0. The van der Waals surface area contributed by atoms with Crippen LogP contribution in [-0.4, -0.2) is 14.3 Å². The van der Waals surface area contributed by atoms with E-state index in [1.54, 1.807) is 10.7 Å². The van der Waals surface area contributed by atoms with Crippen molar-refractivity contribution < 1.29 is 0 Å². The molecule has 0 saturated heterocycles. The van der Waals surface area contributed by atoms with Crippen molar-refractivity contribution in [3.05, 3.63) is 64.4 Å². The predicted octanol–water partition coefficient (Wildman–Crippen LogP) is 4.93. The highest BCUT2D eigenvalue weighted by Crippen LogP contribution is 2.35. The average Bonchev–Trinajstić information content (AvgIpc) is 3.08. The second kappa shape index (κ2) is 6.89. The normalized spacial score (nSPS) is 15.0.